The topological polar surface area (TPSA) is 84.0 Å². The average molecular weight is 413 g/mol. The average Bonchev–Trinajstić information content (AvgIpc) is 2.66. The number of nitrogens with zero attached hydrogens (tertiary/aromatic N) is 2. The van der Waals surface area contributed by atoms with Crippen molar-refractivity contribution in [2.45, 2.75) is 31.1 Å². The minimum atomic E-state index is -4.54. The smallest absolute Gasteiger partial charge is 0.344 e. The zero-order valence-electron chi connectivity index (χ0n) is 14.4. The quantitative estimate of drug-likeness (QED) is 0.756. The molecule has 3 rings (SSSR count). The summed E-state index contributed by atoms with van der Waals surface area (Å²) in [7, 11) is 0. The Bertz CT molecular complexity index is 846. The van der Waals surface area contributed by atoms with Crippen LogP contribution in [0.1, 0.15) is 30.1 Å². The number of amides is 2. The van der Waals surface area contributed by atoms with Crippen LogP contribution in [0.15, 0.2) is 42.9 Å². The summed E-state index contributed by atoms with van der Waals surface area (Å²) in [5.74, 6) is -2.84. The zero-order valence-corrected chi connectivity index (χ0v) is 15.2. The van der Waals surface area contributed by atoms with Gasteiger partial charge in [-0.2, -0.15) is 13.2 Å². The molecule has 0 bridgehead atoms. The van der Waals surface area contributed by atoms with E-state index in [9.17, 15) is 22.8 Å². The molecule has 2 aromatic rings. The zero-order chi connectivity index (χ0) is 20.3. The molecule has 1 fully saturated rings. The van der Waals surface area contributed by atoms with Gasteiger partial charge in [0.25, 0.3) is 0 Å². The van der Waals surface area contributed by atoms with E-state index in [1.54, 1.807) is 24.3 Å². The van der Waals surface area contributed by atoms with Gasteiger partial charge in [0, 0.05) is 17.4 Å². The van der Waals surface area contributed by atoms with Crippen LogP contribution >= 0.6 is 11.6 Å². The van der Waals surface area contributed by atoms with Gasteiger partial charge in [0.1, 0.15) is 12.0 Å². The van der Waals surface area contributed by atoms with Crippen molar-refractivity contribution in [2.75, 3.05) is 0 Å². The Morgan fingerprint density at radius 3 is 2.50 bits per heavy atom. The van der Waals surface area contributed by atoms with Crippen molar-refractivity contribution in [1.29, 1.82) is 0 Å². The molecule has 1 saturated heterocycles. The Hall–Kier alpha value is -2.68. The second-order valence-electron chi connectivity index (χ2n) is 6.36. The van der Waals surface area contributed by atoms with Crippen LogP contribution in [0.4, 0.5) is 13.2 Å². The predicted octanol–water partition coefficient (Wildman–Crippen LogP) is 2.79. The van der Waals surface area contributed by atoms with Crippen LogP contribution in [0.2, 0.25) is 5.02 Å². The number of hydrogen-bond acceptors (Lipinski definition) is 4. The lowest BCUT2D eigenvalue weighted by atomic mass is 9.92. The van der Waals surface area contributed by atoms with Crippen molar-refractivity contribution in [3.05, 3.63) is 59.1 Å². The Morgan fingerprint density at radius 1 is 1.21 bits per heavy atom. The first-order chi connectivity index (χ1) is 13.3. The summed E-state index contributed by atoms with van der Waals surface area (Å²) in [6.45, 7) is 0. The molecule has 2 N–H and O–H groups in total. The molecule has 3 unspecified atom stereocenters. The van der Waals surface area contributed by atoms with Gasteiger partial charge >= 0.3 is 6.18 Å². The van der Waals surface area contributed by atoms with Crippen molar-refractivity contribution in [3.8, 4) is 0 Å². The van der Waals surface area contributed by atoms with E-state index >= 15 is 0 Å². The lowest BCUT2D eigenvalue weighted by Crippen LogP contribution is -2.54. The number of piperidine rings is 1. The number of carbonyl (C=O) groups excluding carboxylic acids is 2. The fourth-order valence-corrected chi connectivity index (χ4v) is 3.12. The Balaban J connectivity index is 1.79. The van der Waals surface area contributed by atoms with Crippen LogP contribution in [0, 0.1) is 5.92 Å². The molecule has 1 aromatic heterocycles. The largest absolute Gasteiger partial charge is 0.408 e. The Morgan fingerprint density at radius 2 is 1.93 bits per heavy atom. The normalized spacial score (nSPS) is 20.9. The van der Waals surface area contributed by atoms with Crippen LogP contribution in [-0.2, 0) is 9.59 Å². The van der Waals surface area contributed by atoms with E-state index in [0.717, 1.165) is 0 Å². The second kappa shape index (κ2) is 8.14. The fourth-order valence-electron chi connectivity index (χ4n) is 2.99. The number of alkyl halides is 3. The molecule has 28 heavy (non-hydrogen) atoms. The lowest BCUT2D eigenvalue weighted by molar-refractivity contribution is -0.171. The van der Waals surface area contributed by atoms with E-state index in [1.165, 1.54) is 18.6 Å². The first-order valence-electron chi connectivity index (χ1n) is 8.44. The van der Waals surface area contributed by atoms with Crippen LogP contribution in [-0.4, -0.2) is 34.0 Å². The van der Waals surface area contributed by atoms with E-state index in [0.29, 0.717) is 16.3 Å². The second-order valence-corrected chi connectivity index (χ2v) is 6.79. The van der Waals surface area contributed by atoms with Gasteiger partial charge in [-0.05, 0) is 30.5 Å². The number of carbonyl (C=O) groups is 2. The van der Waals surface area contributed by atoms with Gasteiger partial charge in [-0.25, -0.2) is 0 Å². The molecule has 6 nitrogen and oxygen atoms in total. The van der Waals surface area contributed by atoms with Gasteiger partial charge in [0.05, 0.1) is 17.9 Å². The van der Waals surface area contributed by atoms with E-state index in [2.05, 4.69) is 15.3 Å². The summed E-state index contributed by atoms with van der Waals surface area (Å²) < 4.78 is 38.4. The summed E-state index contributed by atoms with van der Waals surface area (Å²) in [4.78, 5) is 32.9. The maximum absolute atomic E-state index is 12.8. The highest BCUT2D eigenvalue weighted by Gasteiger charge is 2.46. The van der Waals surface area contributed by atoms with Gasteiger partial charge < -0.3 is 10.6 Å². The molecular weight excluding hydrogens is 397 g/mol. The molecule has 2 amide bonds. The van der Waals surface area contributed by atoms with Gasteiger partial charge in [-0.1, -0.05) is 23.7 Å². The SMILES string of the molecule is O=C(NC(c1ccc(Cl)cc1)c1cnccn1)C1CCC(C(F)(F)F)NC1=O. The van der Waals surface area contributed by atoms with E-state index < -0.39 is 36.0 Å². The van der Waals surface area contributed by atoms with E-state index in [1.807, 2.05) is 5.32 Å². The first-order valence-corrected chi connectivity index (χ1v) is 8.82. The van der Waals surface area contributed by atoms with E-state index in [-0.39, 0.29) is 12.8 Å². The third-order valence-corrected chi connectivity index (χ3v) is 4.71. The summed E-state index contributed by atoms with van der Waals surface area (Å²) in [5.41, 5.74) is 1.06. The highest BCUT2D eigenvalue weighted by Crippen LogP contribution is 2.29. The number of aromatic nitrogens is 2. The maximum Gasteiger partial charge on any atom is 0.408 e. The van der Waals surface area contributed by atoms with Crippen LogP contribution in [0.3, 0.4) is 0 Å². The molecule has 3 atom stereocenters. The molecule has 0 radical (unpaired) electrons. The third kappa shape index (κ3) is 4.59. The lowest BCUT2D eigenvalue weighted by Gasteiger charge is -2.30. The first kappa shape index (κ1) is 20.1. The minimum Gasteiger partial charge on any atom is -0.344 e. The van der Waals surface area contributed by atoms with Crippen molar-refractivity contribution < 1.29 is 22.8 Å². The molecule has 0 spiro atoms. The Labute approximate surface area is 163 Å². The van der Waals surface area contributed by atoms with Crippen molar-refractivity contribution in [3.63, 3.8) is 0 Å². The number of benzene rings is 1. The van der Waals surface area contributed by atoms with Crippen LogP contribution in [0.25, 0.3) is 0 Å². The van der Waals surface area contributed by atoms with Gasteiger partial charge in [0.2, 0.25) is 11.8 Å². The molecule has 1 aromatic carbocycles. The molecule has 0 aliphatic carbocycles. The van der Waals surface area contributed by atoms with Gasteiger partial charge in [-0.15, -0.1) is 0 Å². The molecule has 1 aliphatic rings. The van der Waals surface area contributed by atoms with Crippen LogP contribution < -0.4 is 10.6 Å². The minimum absolute atomic E-state index is 0.199. The number of rotatable bonds is 4. The standard InChI is InChI=1S/C18H16ClF3N4O2/c19-11-3-1-10(2-4-11)15(13-9-23-7-8-24-13)26-17(28)12-5-6-14(18(20,21)22)25-16(12)27/h1-4,7-9,12,14-15H,5-6H2,(H,25,27)(H,26,28). The number of hydrogen-bond donors (Lipinski definition) is 2. The molecule has 0 saturated carbocycles. The summed E-state index contributed by atoms with van der Waals surface area (Å²) >= 11 is 5.90. The summed E-state index contributed by atoms with van der Waals surface area (Å²) in [5, 5.41) is 5.07. The Kier molecular flexibility index (Phi) is 5.83. The van der Waals surface area contributed by atoms with E-state index in [4.69, 9.17) is 11.6 Å². The van der Waals surface area contributed by atoms with Gasteiger partial charge in [-0.3, -0.25) is 19.6 Å². The molecule has 1 aliphatic heterocycles. The highest BCUT2D eigenvalue weighted by molar-refractivity contribution is 6.30. The number of nitrogens with one attached hydrogen (secondary N) is 2. The van der Waals surface area contributed by atoms with Crippen molar-refractivity contribution in [1.82, 2.24) is 20.6 Å². The third-order valence-electron chi connectivity index (χ3n) is 4.46. The highest BCUT2D eigenvalue weighted by atomic mass is 35.5. The molecule has 10 heteroatoms. The maximum atomic E-state index is 12.8. The summed E-state index contributed by atoms with van der Waals surface area (Å²) in [6.07, 6.45) is -0.718. The molecular formula is C18H16ClF3N4O2. The number of halogens is 4. The monoisotopic (exact) mass is 412 g/mol. The van der Waals surface area contributed by atoms with Crippen LogP contribution in [0.5, 0.6) is 0 Å². The van der Waals surface area contributed by atoms with Gasteiger partial charge in [0.15, 0.2) is 0 Å². The van der Waals surface area contributed by atoms with Crippen molar-refractivity contribution >= 4 is 23.4 Å². The predicted molar refractivity (Wildman–Crippen MR) is 94.2 cm³/mol. The van der Waals surface area contributed by atoms with Crippen molar-refractivity contribution in [2.24, 2.45) is 5.92 Å². The fraction of sp³-hybridized carbons (Fsp3) is 0.333. The summed E-state index contributed by atoms with van der Waals surface area (Å²) in [6, 6.07) is 3.97. The molecule has 148 valence electrons. The molecule has 2 heterocycles.